The lowest BCUT2D eigenvalue weighted by Crippen LogP contribution is -2.23. The lowest BCUT2D eigenvalue weighted by atomic mass is 9.73. The van der Waals surface area contributed by atoms with Crippen molar-refractivity contribution in [2.75, 3.05) is 0 Å². The number of hydrogen-bond donors (Lipinski definition) is 3. The molecular formula is C45H66O3P+. The van der Waals surface area contributed by atoms with Crippen LogP contribution in [0.2, 0.25) is 0 Å². The van der Waals surface area contributed by atoms with Gasteiger partial charge in [-0.05, 0) is 99.5 Å². The van der Waals surface area contributed by atoms with E-state index in [0.717, 1.165) is 43.8 Å². The molecule has 0 unspecified atom stereocenters. The van der Waals surface area contributed by atoms with Crippen molar-refractivity contribution < 1.29 is 14.7 Å². The van der Waals surface area contributed by atoms with E-state index in [4.69, 9.17) is 0 Å². The van der Waals surface area contributed by atoms with E-state index in [1.54, 1.807) is 0 Å². The van der Waals surface area contributed by atoms with Crippen LogP contribution < -0.4 is 0 Å². The fourth-order valence-corrected chi connectivity index (χ4v) is 8.43. The van der Waals surface area contributed by atoms with Crippen LogP contribution in [-0.4, -0.2) is 14.7 Å². The molecule has 4 aromatic rings. The van der Waals surface area contributed by atoms with Gasteiger partial charge in [0.2, 0.25) is 5.66 Å². The molecule has 0 spiro atoms. The molecule has 4 heteroatoms. The summed E-state index contributed by atoms with van der Waals surface area (Å²) < 4.78 is 0. The monoisotopic (exact) mass is 685 g/mol. The van der Waals surface area contributed by atoms with Crippen molar-refractivity contribution in [2.24, 2.45) is 0 Å². The minimum absolute atomic E-state index is 0.0381. The van der Waals surface area contributed by atoms with Gasteiger partial charge in [-0.3, -0.25) is 0 Å². The highest BCUT2D eigenvalue weighted by atomic mass is 31.2. The summed E-state index contributed by atoms with van der Waals surface area (Å²) in [6, 6.07) is 18.1. The predicted octanol–water partition coefficient (Wildman–Crippen LogP) is 12.6. The highest BCUT2D eigenvalue weighted by Gasteiger charge is 2.49. The van der Waals surface area contributed by atoms with E-state index in [1.807, 2.05) is 0 Å². The Morgan fingerprint density at radius 2 is 0.653 bits per heavy atom. The smallest absolute Gasteiger partial charge is 0.192 e. The van der Waals surface area contributed by atoms with E-state index < -0.39 is 13.6 Å². The van der Waals surface area contributed by atoms with Crippen LogP contribution >= 0.6 is 7.94 Å². The Balaban J connectivity index is 2.28. The van der Waals surface area contributed by atoms with Gasteiger partial charge in [0.25, 0.3) is 0 Å². The molecule has 0 bridgehead atoms. The first-order chi connectivity index (χ1) is 21.7. The summed E-state index contributed by atoms with van der Waals surface area (Å²) in [4.78, 5) is 35.1. The zero-order valence-electron chi connectivity index (χ0n) is 34.0. The summed E-state index contributed by atoms with van der Waals surface area (Å²) in [7, 11) is -4.50. The second-order valence-corrected chi connectivity index (χ2v) is 22.6. The molecule has 0 fully saturated rings. The summed E-state index contributed by atoms with van der Waals surface area (Å²) in [5.41, 5.74) is 6.46. The largest absolute Gasteiger partial charge is 0.416 e. The molecular weight excluding hydrogens is 619 g/mol. The Bertz CT molecular complexity index is 1750. The molecule has 49 heavy (non-hydrogen) atoms. The molecule has 3 N–H and O–H groups in total. The normalized spacial score (nSPS) is 14.4. The fraction of sp³-hybridized carbons (Fsp3) is 0.556. The van der Waals surface area contributed by atoms with Gasteiger partial charge in [0, 0.05) is 11.1 Å². The van der Waals surface area contributed by atoms with Gasteiger partial charge in [-0.1, -0.05) is 161 Å². The molecule has 0 saturated heterocycles. The zero-order chi connectivity index (χ0) is 37.7. The minimum Gasteiger partial charge on any atom is -0.192 e. The first kappa shape index (κ1) is 39.5. The van der Waals surface area contributed by atoms with E-state index >= 15 is 0 Å². The van der Waals surface area contributed by atoms with Crippen LogP contribution in [-0.2, 0) is 32.5 Å². The van der Waals surface area contributed by atoms with Crippen LogP contribution in [0.1, 0.15) is 175 Å². The summed E-state index contributed by atoms with van der Waals surface area (Å²) >= 11 is 0. The molecule has 0 aliphatic rings. The van der Waals surface area contributed by atoms with Crippen LogP contribution in [0.4, 0.5) is 0 Å². The Hall–Kier alpha value is -2.29. The molecule has 0 saturated carbocycles. The highest BCUT2D eigenvalue weighted by molar-refractivity contribution is 7.59. The third-order valence-corrected chi connectivity index (χ3v) is 11.4. The Morgan fingerprint density at radius 1 is 0.367 bits per heavy atom. The van der Waals surface area contributed by atoms with Crippen LogP contribution in [0, 0.1) is 0 Å². The number of fused-ring (bicyclic) bond motifs is 2. The summed E-state index contributed by atoms with van der Waals surface area (Å²) in [6.45, 7) is 40.0. The first-order valence-electron chi connectivity index (χ1n) is 18.1. The van der Waals surface area contributed by atoms with E-state index in [9.17, 15) is 14.7 Å². The maximum Gasteiger partial charge on any atom is 0.416 e. The van der Waals surface area contributed by atoms with Crippen LogP contribution in [0.3, 0.4) is 0 Å². The molecule has 0 aromatic heterocycles. The van der Waals surface area contributed by atoms with Crippen molar-refractivity contribution in [3.8, 4) is 0 Å². The average molecular weight is 686 g/mol. The summed E-state index contributed by atoms with van der Waals surface area (Å²) in [6.07, 6.45) is 0. The third kappa shape index (κ3) is 8.12. The SMILES string of the molecule is CC(C)(C)c1cc(C(C)(C)C)c2cc(C(c3cc4c(C(C)(C)C)cc(C(C)(C)C)cc4cc3C(C)(C)C)[P+](O)(O)O)c(C(C)(C)C)cc2c1. The maximum atomic E-state index is 11.7. The van der Waals surface area contributed by atoms with Crippen molar-refractivity contribution in [2.45, 2.75) is 163 Å². The van der Waals surface area contributed by atoms with Gasteiger partial charge in [-0.2, -0.15) is 14.7 Å². The zero-order valence-corrected chi connectivity index (χ0v) is 34.9. The van der Waals surface area contributed by atoms with Gasteiger partial charge in [0.15, 0.2) is 0 Å². The summed E-state index contributed by atoms with van der Waals surface area (Å²) in [5.74, 6) is 0. The molecule has 0 atom stereocenters. The van der Waals surface area contributed by atoms with Gasteiger partial charge < -0.3 is 0 Å². The Labute approximate surface area is 299 Å². The van der Waals surface area contributed by atoms with Gasteiger partial charge in [0.1, 0.15) is 0 Å². The van der Waals surface area contributed by atoms with Gasteiger partial charge >= 0.3 is 7.94 Å². The van der Waals surface area contributed by atoms with E-state index in [2.05, 4.69) is 173 Å². The lowest BCUT2D eigenvalue weighted by Gasteiger charge is -2.34. The molecule has 4 rings (SSSR count). The fourth-order valence-electron chi connectivity index (χ4n) is 7.26. The standard InChI is InChI=1S/C45H66O3P/c1-40(2,3)29-19-27-21-35(42(7,8)9)33(25-31(27)37(23-29)44(13,14)15)39(49(46,47)48)34-26-32-28(22-36(34)43(10,11)12)20-30(41(4,5)6)24-38(32)45(16,17)18/h19-26,39,46-48H,1-18H3/q+1. The quantitative estimate of drug-likeness (QED) is 0.188. The van der Waals surface area contributed by atoms with E-state index in [1.165, 1.54) is 22.3 Å². The molecule has 0 radical (unpaired) electrons. The Kier molecular flexibility index (Phi) is 9.80. The summed E-state index contributed by atoms with van der Waals surface area (Å²) in [5, 5.41) is 4.46. The second-order valence-electron chi connectivity index (χ2n) is 20.9. The second kappa shape index (κ2) is 12.2. The molecule has 0 aliphatic carbocycles. The van der Waals surface area contributed by atoms with Gasteiger partial charge in [-0.25, -0.2) is 0 Å². The highest BCUT2D eigenvalue weighted by Crippen LogP contribution is 2.65. The Morgan fingerprint density at radius 3 is 0.878 bits per heavy atom. The topological polar surface area (TPSA) is 60.7 Å². The number of hydrogen-bond acceptors (Lipinski definition) is 3. The average Bonchev–Trinajstić information content (AvgIpc) is 2.87. The molecule has 4 aromatic carbocycles. The maximum absolute atomic E-state index is 11.7. The molecule has 268 valence electrons. The number of rotatable bonds is 3. The minimum atomic E-state index is -4.50. The van der Waals surface area contributed by atoms with Gasteiger partial charge in [0.05, 0.1) is 0 Å². The molecule has 0 aliphatic heterocycles. The van der Waals surface area contributed by atoms with Crippen molar-refractivity contribution in [3.63, 3.8) is 0 Å². The van der Waals surface area contributed by atoms with E-state index in [-0.39, 0.29) is 32.5 Å². The van der Waals surface area contributed by atoms with Gasteiger partial charge in [-0.15, -0.1) is 0 Å². The third-order valence-electron chi connectivity index (χ3n) is 10.1. The molecule has 0 heterocycles. The molecule has 0 amide bonds. The first-order valence-corrected chi connectivity index (χ1v) is 19.8. The van der Waals surface area contributed by atoms with Crippen molar-refractivity contribution in [1.82, 2.24) is 0 Å². The number of benzene rings is 4. The molecule has 3 nitrogen and oxygen atoms in total. The van der Waals surface area contributed by atoms with Crippen LogP contribution in [0.25, 0.3) is 21.5 Å². The van der Waals surface area contributed by atoms with Crippen molar-refractivity contribution in [3.05, 3.63) is 93.0 Å². The van der Waals surface area contributed by atoms with Crippen molar-refractivity contribution in [1.29, 1.82) is 0 Å². The van der Waals surface area contributed by atoms with Crippen LogP contribution in [0.15, 0.2) is 48.5 Å². The lowest BCUT2D eigenvalue weighted by molar-refractivity contribution is 0.320. The van der Waals surface area contributed by atoms with E-state index in [0.29, 0.717) is 0 Å². The predicted molar refractivity (Wildman–Crippen MR) is 216 cm³/mol. The van der Waals surface area contributed by atoms with Crippen LogP contribution in [0.5, 0.6) is 0 Å². The van der Waals surface area contributed by atoms with Crippen molar-refractivity contribution >= 4 is 29.5 Å².